The maximum absolute atomic E-state index is 12.3. The molecule has 112 valence electrons. The first-order chi connectivity index (χ1) is 9.99. The Morgan fingerprint density at radius 1 is 1.38 bits per heavy atom. The molecule has 0 fully saturated rings. The van der Waals surface area contributed by atoms with Gasteiger partial charge in [-0.2, -0.15) is 0 Å². The number of hydrogen-bond donors (Lipinski definition) is 2. The minimum Gasteiger partial charge on any atom is -0.392 e. The average molecular weight is 345 g/mol. The van der Waals surface area contributed by atoms with Crippen LogP contribution in [0.25, 0.3) is 0 Å². The van der Waals surface area contributed by atoms with Crippen LogP contribution in [0.3, 0.4) is 0 Å². The fourth-order valence-corrected chi connectivity index (χ4v) is 4.76. The van der Waals surface area contributed by atoms with E-state index in [1.165, 1.54) is 29.5 Å². The highest BCUT2D eigenvalue weighted by molar-refractivity contribution is 7.93. The maximum Gasteiger partial charge on any atom is 0.263 e. The number of rotatable bonds is 4. The zero-order chi connectivity index (χ0) is 15.0. The van der Waals surface area contributed by atoms with E-state index in [0.717, 1.165) is 29.8 Å². The van der Waals surface area contributed by atoms with E-state index in [1.807, 2.05) is 0 Å². The van der Waals surface area contributed by atoms with Crippen LogP contribution >= 0.6 is 22.9 Å². The number of hydrogen-bond acceptors (Lipinski definition) is 5. The molecule has 0 atom stereocenters. The molecule has 1 heterocycles. The second kappa shape index (κ2) is 5.57. The molecule has 8 heteroatoms. The number of anilines is 1. The Bertz CT molecular complexity index is 765. The molecule has 5 nitrogen and oxygen atoms in total. The van der Waals surface area contributed by atoms with Gasteiger partial charge in [-0.15, -0.1) is 11.3 Å². The number of thiazole rings is 1. The van der Waals surface area contributed by atoms with Crippen molar-refractivity contribution in [2.75, 3.05) is 4.72 Å². The van der Waals surface area contributed by atoms with Gasteiger partial charge in [0.1, 0.15) is 0 Å². The molecule has 1 aromatic carbocycles. The topological polar surface area (TPSA) is 79.3 Å². The Hall–Kier alpha value is -1.15. The van der Waals surface area contributed by atoms with Gasteiger partial charge in [0.25, 0.3) is 10.0 Å². The lowest BCUT2D eigenvalue weighted by atomic mass is 10.2. The van der Waals surface area contributed by atoms with Crippen LogP contribution in [0.15, 0.2) is 23.1 Å². The number of nitrogens with one attached hydrogen (secondary N) is 1. The highest BCUT2D eigenvalue weighted by Crippen LogP contribution is 2.32. The van der Waals surface area contributed by atoms with Crippen molar-refractivity contribution in [3.05, 3.63) is 39.4 Å². The molecule has 0 bridgehead atoms. The van der Waals surface area contributed by atoms with Crippen molar-refractivity contribution in [3.8, 4) is 0 Å². The lowest BCUT2D eigenvalue weighted by molar-refractivity contribution is 0.281. The summed E-state index contributed by atoms with van der Waals surface area (Å²) in [5.74, 6) is 0. The van der Waals surface area contributed by atoms with E-state index in [0.29, 0.717) is 15.7 Å². The van der Waals surface area contributed by atoms with E-state index in [4.69, 9.17) is 16.7 Å². The molecule has 3 rings (SSSR count). The van der Waals surface area contributed by atoms with Gasteiger partial charge in [0, 0.05) is 9.90 Å². The van der Waals surface area contributed by atoms with Crippen LogP contribution in [-0.2, 0) is 29.5 Å². The van der Waals surface area contributed by atoms with E-state index in [-0.39, 0.29) is 11.5 Å². The molecule has 1 aliphatic rings. The molecular formula is C13H13ClN2O3S2. The van der Waals surface area contributed by atoms with Gasteiger partial charge in [0.2, 0.25) is 0 Å². The highest BCUT2D eigenvalue weighted by atomic mass is 35.5. The maximum atomic E-state index is 12.3. The number of sulfonamides is 1. The minimum absolute atomic E-state index is 0.0614. The molecule has 0 amide bonds. The largest absolute Gasteiger partial charge is 0.392 e. The molecular weight excluding hydrogens is 332 g/mol. The lowest BCUT2D eigenvalue weighted by Crippen LogP contribution is -2.13. The van der Waals surface area contributed by atoms with Gasteiger partial charge in [-0.25, -0.2) is 13.4 Å². The summed E-state index contributed by atoms with van der Waals surface area (Å²) in [5.41, 5.74) is 1.37. The Labute approximate surface area is 131 Å². The quantitative estimate of drug-likeness (QED) is 0.893. The Balaban J connectivity index is 1.89. The number of halogens is 1. The Kier molecular flexibility index (Phi) is 3.92. The zero-order valence-electron chi connectivity index (χ0n) is 11.0. The molecule has 2 N–H and O–H groups in total. The summed E-state index contributed by atoms with van der Waals surface area (Å²) >= 11 is 7.25. The molecule has 0 unspecified atom stereocenters. The molecule has 21 heavy (non-hydrogen) atoms. The van der Waals surface area contributed by atoms with E-state index < -0.39 is 10.0 Å². The number of nitrogens with zero attached hydrogens (tertiary/aromatic N) is 1. The summed E-state index contributed by atoms with van der Waals surface area (Å²) in [6.07, 6.45) is 2.95. The average Bonchev–Trinajstić information content (AvgIpc) is 2.99. The first kappa shape index (κ1) is 14.8. The normalized spacial score (nSPS) is 14.2. The Morgan fingerprint density at radius 2 is 2.19 bits per heavy atom. The Morgan fingerprint density at radius 3 is 2.90 bits per heavy atom. The lowest BCUT2D eigenvalue weighted by Gasteiger charge is -2.07. The fraction of sp³-hybridized carbons (Fsp3) is 0.308. The molecule has 0 radical (unpaired) electrons. The summed E-state index contributed by atoms with van der Waals surface area (Å²) < 4.78 is 27.2. The third-order valence-electron chi connectivity index (χ3n) is 3.32. The molecule has 0 aliphatic heterocycles. The van der Waals surface area contributed by atoms with Crippen molar-refractivity contribution in [1.29, 1.82) is 0 Å². The van der Waals surface area contributed by atoms with Gasteiger partial charge < -0.3 is 5.11 Å². The third-order valence-corrected chi connectivity index (χ3v) is 6.22. The number of benzene rings is 1. The van der Waals surface area contributed by atoms with Gasteiger partial charge >= 0.3 is 0 Å². The second-order valence-electron chi connectivity index (χ2n) is 4.76. The van der Waals surface area contributed by atoms with Crippen LogP contribution in [-0.4, -0.2) is 18.5 Å². The van der Waals surface area contributed by atoms with E-state index in [1.54, 1.807) is 0 Å². The predicted molar refractivity (Wildman–Crippen MR) is 82.3 cm³/mol. The monoisotopic (exact) mass is 344 g/mol. The summed E-state index contributed by atoms with van der Waals surface area (Å²) in [6.45, 7) is -0.312. The summed E-state index contributed by atoms with van der Waals surface area (Å²) in [6, 6.07) is 4.24. The van der Waals surface area contributed by atoms with Crippen LogP contribution in [0.4, 0.5) is 5.13 Å². The summed E-state index contributed by atoms with van der Waals surface area (Å²) in [7, 11) is -3.72. The molecule has 1 aliphatic carbocycles. The van der Waals surface area contributed by atoms with Crippen molar-refractivity contribution in [1.82, 2.24) is 4.98 Å². The molecule has 0 spiro atoms. The van der Waals surface area contributed by atoms with Gasteiger partial charge in [0.15, 0.2) is 5.13 Å². The van der Waals surface area contributed by atoms with Crippen molar-refractivity contribution < 1.29 is 13.5 Å². The van der Waals surface area contributed by atoms with E-state index in [9.17, 15) is 8.42 Å². The van der Waals surface area contributed by atoms with Crippen LogP contribution in [0.5, 0.6) is 0 Å². The van der Waals surface area contributed by atoms with Crippen molar-refractivity contribution in [2.45, 2.75) is 30.8 Å². The molecule has 0 saturated carbocycles. The van der Waals surface area contributed by atoms with Crippen LogP contribution in [0.1, 0.15) is 22.6 Å². The van der Waals surface area contributed by atoms with Crippen molar-refractivity contribution in [3.63, 3.8) is 0 Å². The van der Waals surface area contributed by atoms with Gasteiger partial charge in [0.05, 0.1) is 17.2 Å². The van der Waals surface area contributed by atoms with Crippen LogP contribution in [0.2, 0.25) is 5.02 Å². The smallest absolute Gasteiger partial charge is 0.263 e. The fourth-order valence-electron chi connectivity index (χ4n) is 2.25. The van der Waals surface area contributed by atoms with Crippen LogP contribution < -0.4 is 4.72 Å². The number of fused-ring (bicyclic) bond motifs is 1. The van der Waals surface area contributed by atoms with E-state index >= 15 is 0 Å². The zero-order valence-corrected chi connectivity index (χ0v) is 13.4. The highest BCUT2D eigenvalue weighted by Gasteiger charge is 2.21. The standard InChI is InChI=1S/C13H13ClN2O3S2/c14-10-5-4-9(6-8(10)7-17)21(18,19)16-13-15-11-2-1-3-12(11)20-13/h4-6,17H,1-3,7H2,(H,15,16). The minimum atomic E-state index is -3.72. The first-order valence-corrected chi connectivity index (χ1v) is 9.08. The SMILES string of the molecule is O=S(=O)(Nc1nc2c(s1)CCC2)c1ccc(Cl)c(CO)c1. The van der Waals surface area contributed by atoms with Crippen molar-refractivity contribution in [2.24, 2.45) is 0 Å². The molecule has 2 aromatic rings. The first-order valence-electron chi connectivity index (χ1n) is 6.40. The second-order valence-corrected chi connectivity index (χ2v) is 7.93. The molecule has 0 saturated heterocycles. The summed E-state index contributed by atoms with van der Waals surface area (Å²) in [4.78, 5) is 5.53. The number of aliphatic hydroxyl groups is 1. The van der Waals surface area contributed by atoms with Crippen LogP contribution in [0, 0.1) is 0 Å². The van der Waals surface area contributed by atoms with E-state index in [2.05, 4.69) is 9.71 Å². The molecule has 1 aromatic heterocycles. The number of aromatic nitrogens is 1. The third kappa shape index (κ3) is 2.91. The van der Waals surface area contributed by atoms with Gasteiger partial charge in [-0.05, 0) is 43.0 Å². The number of aryl methyl sites for hydroxylation is 2. The van der Waals surface area contributed by atoms with Gasteiger partial charge in [-0.3, -0.25) is 4.72 Å². The predicted octanol–water partition coefficient (Wildman–Crippen LogP) is 2.58. The van der Waals surface area contributed by atoms with Crippen molar-refractivity contribution >= 4 is 38.1 Å². The number of aliphatic hydroxyl groups excluding tert-OH is 1. The summed E-state index contributed by atoms with van der Waals surface area (Å²) in [5, 5.41) is 9.89. The van der Waals surface area contributed by atoms with Gasteiger partial charge in [-0.1, -0.05) is 11.6 Å².